The number of allylic oxidation sites excluding steroid dienone is 2. The molecular weight excluding hydrogens is 194 g/mol. The van der Waals surface area contributed by atoms with E-state index in [0.29, 0.717) is 0 Å². The minimum atomic E-state index is 0. The average molecular weight is 220 g/mol. The van der Waals surface area contributed by atoms with E-state index in [1.54, 1.807) is 0 Å². The van der Waals surface area contributed by atoms with Gasteiger partial charge in [-0.15, -0.1) is 12.4 Å². The van der Waals surface area contributed by atoms with E-state index in [-0.39, 0.29) is 12.4 Å². The molecule has 0 fully saturated rings. The molecule has 0 aromatic rings. The van der Waals surface area contributed by atoms with Crippen LogP contribution in [0.3, 0.4) is 0 Å². The zero-order valence-corrected chi connectivity index (χ0v) is 10.3. The molecule has 0 aromatic carbocycles. The van der Waals surface area contributed by atoms with Crippen LogP contribution < -0.4 is 5.73 Å². The largest absolute Gasteiger partial charge is 0.330 e. The molecule has 0 aromatic heterocycles. The molecule has 0 heterocycles. The summed E-state index contributed by atoms with van der Waals surface area (Å²) >= 11 is 0. The van der Waals surface area contributed by atoms with Gasteiger partial charge in [0.1, 0.15) is 0 Å². The normalized spacial score (nSPS) is 10.4. The Bertz CT molecular complexity index is 113. The van der Waals surface area contributed by atoms with Gasteiger partial charge in [0.25, 0.3) is 0 Å². The Labute approximate surface area is 95.6 Å². The second kappa shape index (κ2) is 15.5. The van der Waals surface area contributed by atoms with Crippen LogP contribution in [-0.2, 0) is 0 Å². The van der Waals surface area contributed by atoms with Crippen molar-refractivity contribution in [2.24, 2.45) is 5.73 Å². The highest BCUT2D eigenvalue weighted by Crippen LogP contribution is 2.08. The maximum absolute atomic E-state index is 5.42. The van der Waals surface area contributed by atoms with Crippen molar-refractivity contribution < 1.29 is 0 Å². The molecule has 0 saturated heterocycles. The summed E-state index contributed by atoms with van der Waals surface area (Å²) in [7, 11) is 0. The number of nitrogens with two attached hydrogens (primary N) is 1. The molecule has 0 radical (unpaired) electrons. The summed E-state index contributed by atoms with van der Waals surface area (Å²) in [4.78, 5) is 0. The molecule has 0 bridgehead atoms. The Kier molecular flexibility index (Phi) is 18.1. The minimum Gasteiger partial charge on any atom is -0.330 e. The second-order valence-electron chi connectivity index (χ2n) is 3.62. The van der Waals surface area contributed by atoms with E-state index in [1.165, 1.54) is 51.4 Å². The summed E-state index contributed by atoms with van der Waals surface area (Å²) < 4.78 is 0. The summed E-state index contributed by atoms with van der Waals surface area (Å²) in [5, 5.41) is 0. The summed E-state index contributed by atoms with van der Waals surface area (Å²) in [5.74, 6) is 0. The molecule has 1 nitrogen and oxygen atoms in total. The second-order valence-corrected chi connectivity index (χ2v) is 3.62. The van der Waals surface area contributed by atoms with Gasteiger partial charge in [-0.2, -0.15) is 0 Å². The van der Waals surface area contributed by atoms with Gasteiger partial charge in [-0.05, 0) is 32.7 Å². The number of unbranched alkanes of at least 4 members (excludes halogenated alkanes) is 7. The minimum absolute atomic E-state index is 0. The zero-order valence-electron chi connectivity index (χ0n) is 9.50. The lowest BCUT2D eigenvalue weighted by atomic mass is 10.1. The quantitative estimate of drug-likeness (QED) is 0.459. The standard InChI is InChI=1S/C12H25N.ClH/c1-2-3-4-5-6-7-8-9-10-11-12-13;/h2-3H,4-13H2,1H3;1H/b3-2+;. The van der Waals surface area contributed by atoms with Crippen molar-refractivity contribution in [1.29, 1.82) is 0 Å². The summed E-state index contributed by atoms with van der Waals surface area (Å²) in [6.07, 6.45) is 15.1. The number of hydrogen-bond donors (Lipinski definition) is 1. The van der Waals surface area contributed by atoms with Crippen LogP contribution in [0.15, 0.2) is 12.2 Å². The molecule has 0 spiro atoms. The van der Waals surface area contributed by atoms with Crippen LogP contribution in [0, 0.1) is 0 Å². The summed E-state index contributed by atoms with van der Waals surface area (Å²) in [6, 6.07) is 0. The van der Waals surface area contributed by atoms with Crippen LogP contribution in [0.25, 0.3) is 0 Å². The van der Waals surface area contributed by atoms with Crippen molar-refractivity contribution >= 4 is 12.4 Å². The van der Waals surface area contributed by atoms with Crippen molar-refractivity contribution in [2.75, 3.05) is 6.54 Å². The van der Waals surface area contributed by atoms with E-state index >= 15 is 0 Å². The van der Waals surface area contributed by atoms with Gasteiger partial charge in [-0.1, -0.05) is 44.3 Å². The third kappa shape index (κ3) is 14.5. The molecule has 0 amide bonds. The fraction of sp³-hybridized carbons (Fsp3) is 0.833. The van der Waals surface area contributed by atoms with Gasteiger partial charge in [0, 0.05) is 0 Å². The molecule has 0 unspecified atom stereocenters. The highest BCUT2D eigenvalue weighted by Gasteiger charge is 1.89. The smallest absolute Gasteiger partial charge is 0.00773 e. The Hall–Kier alpha value is -0.0100. The molecule has 0 aliphatic rings. The van der Waals surface area contributed by atoms with Crippen LogP contribution in [0.1, 0.15) is 58.3 Å². The molecule has 0 rings (SSSR count). The van der Waals surface area contributed by atoms with Gasteiger partial charge in [0.2, 0.25) is 0 Å². The van der Waals surface area contributed by atoms with E-state index in [2.05, 4.69) is 19.1 Å². The zero-order chi connectivity index (χ0) is 9.78. The average Bonchev–Trinajstić information content (AvgIpc) is 2.16. The Morgan fingerprint density at radius 3 is 1.86 bits per heavy atom. The lowest BCUT2D eigenvalue weighted by Crippen LogP contribution is -1.97. The van der Waals surface area contributed by atoms with Gasteiger partial charge < -0.3 is 5.73 Å². The van der Waals surface area contributed by atoms with Crippen LogP contribution in [-0.4, -0.2) is 6.54 Å². The van der Waals surface area contributed by atoms with Gasteiger partial charge in [0.05, 0.1) is 0 Å². The molecule has 0 aliphatic carbocycles. The first kappa shape index (κ1) is 16.4. The number of halogens is 1. The van der Waals surface area contributed by atoms with Crippen molar-refractivity contribution in [3.8, 4) is 0 Å². The molecule has 0 atom stereocenters. The Morgan fingerprint density at radius 1 is 0.857 bits per heavy atom. The third-order valence-corrected chi connectivity index (χ3v) is 2.31. The maximum atomic E-state index is 5.42. The lowest BCUT2D eigenvalue weighted by Gasteiger charge is -1.99. The predicted molar refractivity (Wildman–Crippen MR) is 68.1 cm³/mol. The van der Waals surface area contributed by atoms with E-state index in [9.17, 15) is 0 Å². The fourth-order valence-electron chi connectivity index (χ4n) is 1.46. The highest BCUT2D eigenvalue weighted by atomic mass is 35.5. The predicted octanol–water partition coefficient (Wildman–Crippen LogP) is 4.06. The topological polar surface area (TPSA) is 26.0 Å². The third-order valence-electron chi connectivity index (χ3n) is 2.31. The molecule has 0 saturated carbocycles. The van der Waals surface area contributed by atoms with E-state index in [4.69, 9.17) is 5.73 Å². The van der Waals surface area contributed by atoms with Crippen LogP contribution >= 0.6 is 12.4 Å². The number of rotatable bonds is 9. The van der Waals surface area contributed by atoms with E-state index in [0.717, 1.165) is 6.54 Å². The summed E-state index contributed by atoms with van der Waals surface area (Å²) in [6.45, 7) is 2.95. The fourth-order valence-corrected chi connectivity index (χ4v) is 1.46. The summed E-state index contributed by atoms with van der Waals surface area (Å²) in [5.41, 5.74) is 5.42. The van der Waals surface area contributed by atoms with Crippen molar-refractivity contribution in [3.05, 3.63) is 12.2 Å². The van der Waals surface area contributed by atoms with Gasteiger partial charge in [-0.25, -0.2) is 0 Å². The molecule has 14 heavy (non-hydrogen) atoms. The monoisotopic (exact) mass is 219 g/mol. The van der Waals surface area contributed by atoms with Crippen LogP contribution in [0.5, 0.6) is 0 Å². The highest BCUT2D eigenvalue weighted by molar-refractivity contribution is 5.85. The van der Waals surface area contributed by atoms with Crippen LogP contribution in [0.4, 0.5) is 0 Å². The Balaban J connectivity index is 0. The first-order valence-corrected chi connectivity index (χ1v) is 5.73. The lowest BCUT2D eigenvalue weighted by molar-refractivity contribution is 0.584. The molecular formula is C12H26ClN. The van der Waals surface area contributed by atoms with Crippen LogP contribution in [0.2, 0.25) is 0 Å². The molecule has 0 aliphatic heterocycles. The number of hydrogen-bond acceptors (Lipinski definition) is 1. The van der Waals surface area contributed by atoms with Gasteiger partial charge in [-0.3, -0.25) is 0 Å². The molecule has 2 N–H and O–H groups in total. The van der Waals surface area contributed by atoms with E-state index in [1.807, 2.05) is 0 Å². The maximum Gasteiger partial charge on any atom is -0.00773 e. The van der Waals surface area contributed by atoms with Crippen molar-refractivity contribution in [2.45, 2.75) is 58.3 Å². The van der Waals surface area contributed by atoms with Crippen molar-refractivity contribution in [1.82, 2.24) is 0 Å². The first-order valence-electron chi connectivity index (χ1n) is 5.73. The Morgan fingerprint density at radius 2 is 1.36 bits per heavy atom. The SMILES string of the molecule is C/C=C/CCCCCCCCCN.Cl. The van der Waals surface area contributed by atoms with E-state index < -0.39 is 0 Å². The molecule has 86 valence electrons. The van der Waals surface area contributed by atoms with Gasteiger partial charge >= 0.3 is 0 Å². The first-order chi connectivity index (χ1) is 6.41. The molecule has 2 heteroatoms. The van der Waals surface area contributed by atoms with Gasteiger partial charge in [0.15, 0.2) is 0 Å². The van der Waals surface area contributed by atoms with Crippen molar-refractivity contribution in [3.63, 3.8) is 0 Å².